The van der Waals surface area contributed by atoms with Crippen molar-refractivity contribution in [2.24, 2.45) is 11.3 Å². The maximum absolute atomic E-state index is 11.8. The molecule has 1 unspecified atom stereocenters. The number of piperidine rings is 1. The average molecular weight is 171 g/mol. The van der Waals surface area contributed by atoms with Crippen LogP contribution >= 0.6 is 0 Å². The van der Waals surface area contributed by atoms with Crippen LogP contribution in [-0.2, 0) is 4.79 Å². The van der Waals surface area contributed by atoms with Gasteiger partial charge < -0.3 is 5.32 Å². The van der Waals surface area contributed by atoms with Gasteiger partial charge in [-0.2, -0.15) is 0 Å². The molecule has 0 spiro atoms. The highest BCUT2D eigenvalue weighted by atomic mass is 16.2. The van der Waals surface area contributed by atoms with Crippen molar-refractivity contribution in [3.8, 4) is 0 Å². The SMILES string of the molecule is [2H]C1([2H])C(=C)NC(=O)C(C(C)(C)C)C1([2H])[2H]. The van der Waals surface area contributed by atoms with Crippen LogP contribution < -0.4 is 5.32 Å². The normalized spacial score (nSPS) is 38.8. The Balaban J connectivity index is 3.30. The minimum absolute atomic E-state index is 0.206. The Kier molecular flexibility index (Phi) is 1.23. The molecule has 1 aliphatic rings. The maximum atomic E-state index is 11.8. The first-order valence-corrected chi connectivity index (χ1v) is 3.92. The van der Waals surface area contributed by atoms with Gasteiger partial charge in [0.05, 0.1) is 0 Å². The quantitative estimate of drug-likeness (QED) is 0.594. The summed E-state index contributed by atoms with van der Waals surface area (Å²) in [5.41, 5.74) is -0.857. The van der Waals surface area contributed by atoms with Gasteiger partial charge in [-0.1, -0.05) is 27.4 Å². The summed E-state index contributed by atoms with van der Waals surface area (Å²) in [5.74, 6) is -1.54. The number of hydrogen-bond donors (Lipinski definition) is 1. The molecule has 12 heavy (non-hydrogen) atoms. The van der Waals surface area contributed by atoms with Crippen molar-refractivity contribution in [1.29, 1.82) is 0 Å². The number of carbonyl (C=O) groups is 1. The zero-order valence-corrected chi connectivity index (χ0v) is 7.69. The first kappa shape index (κ1) is 5.05. The fraction of sp³-hybridized carbons (Fsp3) is 0.700. The molecule has 0 aromatic heterocycles. The highest BCUT2D eigenvalue weighted by molar-refractivity contribution is 5.82. The average Bonchev–Trinajstić information content (AvgIpc) is 1.97. The molecule has 0 saturated carbocycles. The van der Waals surface area contributed by atoms with Gasteiger partial charge in [0.25, 0.3) is 0 Å². The molecule has 0 radical (unpaired) electrons. The summed E-state index contributed by atoms with van der Waals surface area (Å²) in [5, 5.41) is 2.33. The molecule has 1 fully saturated rings. The molecule has 0 aromatic rings. The van der Waals surface area contributed by atoms with Gasteiger partial charge in [0.2, 0.25) is 5.91 Å². The van der Waals surface area contributed by atoms with Gasteiger partial charge in [0.15, 0.2) is 0 Å². The first-order chi connectivity index (χ1) is 6.92. The summed E-state index contributed by atoms with van der Waals surface area (Å²) < 4.78 is 31.2. The molecule has 1 aliphatic heterocycles. The fourth-order valence-electron chi connectivity index (χ4n) is 1.09. The number of nitrogens with one attached hydrogen (secondary N) is 1. The van der Waals surface area contributed by atoms with Crippen molar-refractivity contribution in [2.45, 2.75) is 33.5 Å². The zero-order valence-electron chi connectivity index (χ0n) is 11.7. The van der Waals surface area contributed by atoms with E-state index in [-0.39, 0.29) is 5.70 Å². The van der Waals surface area contributed by atoms with E-state index in [1.54, 1.807) is 20.8 Å². The predicted molar refractivity (Wildman–Crippen MR) is 49.5 cm³/mol. The third-order valence-corrected chi connectivity index (χ3v) is 1.77. The van der Waals surface area contributed by atoms with E-state index in [1.165, 1.54) is 0 Å². The van der Waals surface area contributed by atoms with Gasteiger partial charge in [-0.25, -0.2) is 0 Å². The number of hydrogen-bond acceptors (Lipinski definition) is 1. The van der Waals surface area contributed by atoms with Crippen LogP contribution in [0.3, 0.4) is 0 Å². The lowest BCUT2D eigenvalue weighted by Crippen LogP contribution is -2.41. The monoisotopic (exact) mass is 171 g/mol. The van der Waals surface area contributed by atoms with Gasteiger partial charge >= 0.3 is 0 Å². The van der Waals surface area contributed by atoms with Gasteiger partial charge in [0.1, 0.15) is 0 Å². The second kappa shape index (κ2) is 2.92. The van der Waals surface area contributed by atoms with Crippen molar-refractivity contribution >= 4 is 5.91 Å². The Morgan fingerprint density at radius 3 is 2.75 bits per heavy atom. The molecule has 1 N–H and O–H groups in total. The number of carbonyl (C=O) groups excluding carboxylic acids is 1. The summed E-state index contributed by atoms with van der Waals surface area (Å²) in [6.07, 6.45) is -4.51. The van der Waals surface area contributed by atoms with Crippen molar-refractivity contribution in [2.75, 3.05) is 0 Å². The van der Waals surface area contributed by atoms with Crippen LogP contribution in [0.15, 0.2) is 12.3 Å². The van der Waals surface area contributed by atoms with E-state index in [0.717, 1.165) is 0 Å². The lowest BCUT2D eigenvalue weighted by Gasteiger charge is -2.33. The van der Waals surface area contributed by atoms with E-state index in [9.17, 15) is 4.79 Å². The van der Waals surface area contributed by atoms with Crippen LogP contribution in [0.1, 0.15) is 39.0 Å². The third kappa shape index (κ3) is 1.87. The first-order valence-electron chi connectivity index (χ1n) is 5.92. The second-order valence-electron chi connectivity index (χ2n) is 4.04. The van der Waals surface area contributed by atoms with E-state index in [0.29, 0.717) is 0 Å². The van der Waals surface area contributed by atoms with Crippen molar-refractivity contribution in [3.63, 3.8) is 0 Å². The number of rotatable bonds is 0. The summed E-state index contributed by atoms with van der Waals surface area (Å²) in [4.78, 5) is 11.8. The van der Waals surface area contributed by atoms with E-state index < -0.39 is 30.0 Å². The van der Waals surface area contributed by atoms with Gasteiger partial charge in [-0.05, 0) is 18.2 Å². The minimum Gasteiger partial charge on any atom is -0.330 e. The summed E-state index contributed by atoms with van der Waals surface area (Å²) in [6.45, 7) is 8.55. The highest BCUT2D eigenvalue weighted by Gasteiger charge is 2.33. The molecule has 2 nitrogen and oxygen atoms in total. The Hall–Kier alpha value is -0.790. The van der Waals surface area contributed by atoms with Crippen molar-refractivity contribution in [1.82, 2.24) is 5.32 Å². The highest BCUT2D eigenvalue weighted by Crippen LogP contribution is 2.33. The summed E-state index contributed by atoms with van der Waals surface area (Å²) >= 11 is 0. The Morgan fingerprint density at radius 1 is 1.67 bits per heavy atom. The van der Waals surface area contributed by atoms with Crippen LogP contribution in [0.25, 0.3) is 0 Å². The molecule has 0 bridgehead atoms. The molecule has 68 valence electrons. The molecule has 1 saturated heterocycles. The molecule has 0 aromatic carbocycles. The Morgan fingerprint density at radius 2 is 2.25 bits per heavy atom. The van der Waals surface area contributed by atoms with Crippen LogP contribution in [0.2, 0.25) is 0 Å². The van der Waals surface area contributed by atoms with E-state index >= 15 is 0 Å². The Bertz CT molecular complexity index is 343. The zero-order chi connectivity index (χ0) is 12.9. The molecule has 2 heteroatoms. The largest absolute Gasteiger partial charge is 0.330 e. The van der Waals surface area contributed by atoms with Gasteiger partial charge in [0, 0.05) is 17.1 Å². The lowest BCUT2D eigenvalue weighted by molar-refractivity contribution is -0.129. The lowest BCUT2D eigenvalue weighted by atomic mass is 9.76. The van der Waals surface area contributed by atoms with E-state index in [2.05, 4.69) is 11.9 Å². The molecule has 1 heterocycles. The smallest absolute Gasteiger partial charge is 0.227 e. The van der Waals surface area contributed by atoms with Crippen LogP contribution in [-0.4, -0.2) is 5.91 Å². The fourth-order valence-corrected chi connectivity index (χ4v) is 1.09. The summed E-state index contributed by atoms with van der Waals surface area (Å²) in [6, 6.07) is 0. The van der Waals surface area contributed by atoms with Crippen LogP contribution in [0.5, 0.6) is 0 Å². The molecule has 1 rings (SSSR count). The minimum atomic E-state index is -2.26. The Labute approximate surface area is 79.7 Å². The van der Waals surface area contributed by atoms with E-state index in [4.69, 9.17) is 5.48 Å². The molecular weight excluding hydrogens is 150 g/mol. The van der Waals surface area contributed by atoms with E-state index in [1.807, 2.05) is 0 Å². The van der Waals surface area contributed by atoms with Crippen molar-refractivity contribution < 1.29 is 10.3 Å². The second-order valence-corrected chi connectivity index (χ2v) is 4.04. The molecule has 1 amide bonds. The third-order valence-electron chi connectivity index (χ3n) is 1.77. The molecule has 0 aliphatic carbocycles. The van der Waals surface area contributed by atoms with Crippen LogP contribution in [0, 0.1) is 11.3 Å². The number of amides is 1. The number of allylic oxidation sites excluding steroid dienone is 1. The predicted octanol–water partition coefficient (Wildman–Crippen LogP) is 2.07. The van der Waals surface area contributed by atoms with Crippen LogP contribution in [0.4, 0.5) is 0 Å². The van der Waals surface area contributed by atoms with Gasteiger partial charge in [-0.15, -0.1) is 0 Å². The van der Waals surface area contributed by atoms with Crippen molar-refractivity contribution in [3.05, 3.63) is 12.3 Å². The topological polar surface area (TPSA) is 29.1 Å². The maximum Gasteiger partial charge on any atom is 0.227 e. The summed E-state index contributed by atoms with van der Waals surface area (Å²) in [7, 11) is 0. The van der Waals surface area contributed by atoms with Gasteiger partial charge in [-0.3, -0.25) is 4.79 Å². The molecule has 1 atom stereocenters. The molecular formula is C10H17NO. The standard InChI is InChI=1S/C10H17NO/c1-7-5-6-8(9(12)11-7)10(2,3)4/h8H,1,5-6H2,2-4H3,(H,11,12)/i5D2,6D2.